The van der Waals surface area contributed by atoms with E-state index in [2.05, 4.69) is 30.3 Å². The molecule has 1 aliphatic heterocycles. The predicted octanol–water partition coefficient (Wildman–Crippen LogP) is 2.82. The Balaban J connectivity index is 1.67. The van der Waals surface area contributed by atoms with Crippen LogP contribution in [-0.4, -0.2) is 36.3 Å². The summed E-state index contributed by atoms with van der Waals surface area (Å²) in [4.78, 5) is 0. The van der Waals surface area contributed by atoms with Gasteiger partial charge in [-0.2, -0.15) is 11.8 Å². The van der Waals surface area contributed by atoms with Crippen molar-refractivity contribution < 1.29 is 4.74 Å². The average molecular weight is 243 g/mol. The fourth-order valence-electron chi connectivity index (χ4n) is 2.97. The van der Waals surface area contributed by atoms with Crippen molar-refractivity contribution >= 4 is 11.8 Å². The van der Waals surface area contributed by atoms with Crippen LogP contribution >= 0.6 is 11.8 Å². The molecule has 0 bridgehead atoms. The molecule has 94 valence electrons. The zero-order valence-electron chi connectivity index (χ0n) is 10.6. The van der Waals surface area contributed by atoms with Crippen LogP contribution in [0.25, 0.3) is 0 Å². The minimum absolute atomic E-state index is 0.468. The van der Waals surface area contributed by atoms with Gasteiger partial charge in [0.25, 0.3) is 0 Å². The first kappa shape index (κ1) is 12.7. The normalized spacial score (nSPS) is 33.4. The van der Waals surface area contributed by atoms with Gasteiger partial charge in [-0.15, -0.1) is 0 Å². The van der Waals surface area contributed by atoms with E-state index in [0.717, 1.165) is 6.54 Å². The van der Waals surface area contributed by atoms with Crippen LogP contribution in [0.5, 0.6) is 0 Å². The summed E-state index contributed by atoms with van der Waals surface area (Å²) in [5.74, 6) is 0. The minimum atomic E-state index is 0.468. The van der Waals surface area contributed by atoms with Gasteiger partial charge in [-0.05, 0) is 38.9 Å². The molecule has 0 aromatic rings. The molecule has 3 heteroatoms. The maximum atomic E-state index is 5.82. The average Bonchev–Trinajstić information content (AvgIpc) is 2.89. The molecule has 1 saturated carbocycles. The number of ether oxygens (including phenoxy) is 1. The summed E-state index contributed by atoms with van der Waals surface area (Å²) in [6.45, 7) is 4.40. The van der Waals surface area contributed by atoms with E-state index in [1.807, 2.05) is 0 Å². The second-order valence-electron chi connectivity index (χ2n) is 5.37. The zero-order valence-corrected chi connectivity index (χ0v) is 11.4. The molecule has 2 nitrogen and oxygen atoms in total. The van der Waals surface area contributed by atoms with E-state index in [9.17, 15) is 0 Å². The van der Waals surface area contributed by atoms with Gasteiger partial charge >= 0.3 is 0 Å². The van der Waals surface area contributed by atoms with Gasteiger partial charge in [0.1, 0.15) is 0 Å². The van der Waals surface area contributed by atoms with E-state index in [-0.39, 0.29) is 0 Å². The van der Waals surface area contributed by atoms with Crippen molar-refractivity contribution in [3.05, 3.63) is 0 Å². The zero-order chi connectivity index (χ0) is 11.4. The lowest BCUT2D eigenvalue weighted by molar-refractivity contribution is 0.0558. The smallest absolute Gasteiger partial charge is 0.0704 e. The Morgan fingerprint density at radius 1 is 1.31 bits per heavy atom. The molecule has 1 N–H and O–H groups in total. The van der Waals surface area contributed by atoms with E-state index in [1.54, 1.807) is 0 Å². The van der Waals surface area contributed by atoms with Crippen LogP contribution in [-0.2, 0) is 4.74 Å². The fourth-order valence-corrected chi connectivity index (χ4v) is 3.91. The van der Waals surface area contributed by atoms with Gasteiger partial charge in [0, 0.05) is 17.8 Å². The Bertz CT molecular complexity index is 216. The van der Waals surface area contributed by atoms with Crippen LogP contribution in [0.1, 0.15) is 45.4 Å². The molecule has 2 fully saturated rings. The number of rotatable bonds is 5. The lowest BCUT2D eigenvalue weighted by atomic mass is 10.1. The molecule has 16 heavy (non-hydrogen) atoms. The van der Waals surface area contributed by atoms with E-state index >= 15 is 0 Å². The van der Waals surface area contributed by atoms with Crippen molar-refractivity contribution in [2.24, 2.45) is 0 Å². The second-order valence-corrected chi connectivity index (χ2v) is 6.65. The van der Waals surface area contributed by atoms with E-state index in [0.29, 0.717) is 17.0 Å². The topological polar surface area (TPSA) is 21.3 Å². The molecular weight excluding hydrogens is 218 g/mol. The lowest BCUT2D eigenvalue weighted by Crippen LogP contribution is -2.38. The Morgan fingerprint density at radius 2 is 2.06 bits per heavy atom. The summed E-state index contributed by atoms with van der Waals surface area (Å²) in [5, 5.41) is 3.64. The highest BCUT2D eigenvalue weighted by atomic mass is 32.2. The fraction of sp³-hybridized carbons (Fsp3) is 1.00. The molecule has 0 amide bonds. The highest BCUT2D eigenvalue weighted by Gasteiger charge is 2.32. The second kappa shape index (κ2) is 5.74. The first-order valence-corrected chi connectivity index (χ1v) is 7.88. The van der Waals surface area contributed by atoms with Gasteiger partial charge in [-0.1, -0.05) is 12.8 Å². The lowest BCUT2D eigenvalue weighted by Gasteiger charge is -2.27. The number of hydrogen-bond donors (Lipinski definition) is 1. The minimum Gasteiger partial charge on any atom is -0.374 e. The predicted molar refractivity (Wildman–Crippen MR) is 71.2 cm³/mol. The van der Waals surface area contributed by atoms with E-state index in [4.69, 9.17) is 4.74 Å². The quantitative estimate of drug-likeness (QED) is 0.802. The Labute approximate surface area is 104 Å². The van der Waals surface area contributed by atoms with Gasteiger partial charge in [0.15, 0.2) is 0 Å². The SMILES string of the molecule is CSC1(CNCC2CCC(C)O2)CCCC1. The Kier molecular flexibility index (Phi) is 4.57. The van der Waals surface area contributed by atoms with Gasteiger partial charge in [0.05, 0.1) is 12.2 Å². The molecule has 2 aliphatic rings. The van der Waals surface area contributed by atoms with Gasteiger partial charge in [0.2, 0.25) is 0 Å². The summed E-state index contributed by atoms with van der Waals surface area (Å²) >= 11 is 2.06. The molecular formula is C13H25NOS. The summed E-state index contributed by atoms with van der Waals surface area (Å²) in [6, 6.07) is 0. The van der Waals surface area contributed by atoms with Crippen LogP contribution in [0.3, 0.4) is 0 Å². The summed E-state index contributed by atoms with van der Waals surface area (Å²) in [6.07, 6.45) is 11.3. The monoisotopic (exact) mass is 243 g/mol. The molecule has 2 rings (SSSR count). The summed E-state index contributed by atoms with van der Waals surface area (Å²) in [5.41, 5.74) is 0. The third-order valence-corrected chi connectivity index (χ3v) is 5.51. The van der Waals surface area contributed by atoms with Crippen molar-refractivity contribution in [1.82, 2.24) is 5.32 Å². The third kappa shape index (κ3) is 3.14. The molecule has 2 atom stereocenters. The molecule has 0 aromatic carbocycles. The van der Waals surface area contributed by atoms with Crippen molar-refractivity contribution in [3.8, 4) is 0 Å². The van der Waals surface area contributed by atoms with Crippen molar-refractivity contribution in [2.45, 2.75) is 62.4 Å². The number of hydrogen-bond acceptors (Lipinski definition) is 3. The van der Waals surface area contributed by atoms with Crippen LogP contribution < -0.4 is 5.32 Å². The van der Waals surface area contributed by atoms with Crippen LogP contribution in [0, 0.1) is 0 Å². The standard InChI is InChI=1S/C13H25NOS/c1-11-5-6-12(15-11)9-14-10-13(16-2)7-3-4-8-13/h11-12,14H,3-10H2,1-2H3. The number of thioether (sulfide) groups is 1. The largest absolute Gasteiger partial charge is 0.374 e. The van der Waals surface area contributed by atoms with E-state index in [1.165, 1.54) is 45.1 Å². The number of nitrogens with one attached hydrogen (secondary N) is 1. The molecule has 0 spiro atoms. The molecule has 1 heterocycles. The van der Waals surface area contributed by atoms with Crippen molar-refractivity contribution in [1.29, 1.82) is 0 Å². The Hall–Kier alpha value is 0.270. The highest BCUT2D eigenvalue weighted by molar-refractivity contribution is 8.00. The van der Waals surface area contributed by atoms with Crippen molar-refractivity contribution in [3.63, 3.8) is 0 Å². The maximum absolute atomic E-state index is 5.82. The first-order chi connectivity index (χ1) is 7.74. The van der Waals surface area contributed by atoms with E-state index < -0.39 is 0 Å². The van der Waals surface area contributed by atoms with Crippen LogP contribution in [0.4, 0.5) is 0 Å². The summed E-state index contributed by atoms with van der Waals surface area (Å²) < 4.78 is 6.36. The molecule has 1 aliphatic carbocycles. The van der Waals surface area contributed by atoms with Gasteiger partial charge in [-0.3, -0.25) is 0 Å². The van der Waals surface area contributed by atoms with Gasteiger partial charge < -0.3 is 10.1 Å². The maximum Gasteiger partial charge on any atom is 0.0704 e. The molecule has 1 saturated heterocycles. The third-order valence-electron chi connectivity index (χ3n) is 4.09. The molecule has 0 aromatic heterocycles. The molecule has 2 unspecified atom stereocenters. The first-order valence-electron chi connectivity index (χ1n) is 6.65. The van der Waals surface area contributed by atoms with Gasteiger partial charge in [-0.25, -0.2) is 0 Å². The highest BCUT2D eigenvalue weighted by Crippen LogP contribution is 2.39. The Morgan fingerprint density at radius 3 is 2.62 bits per heavy atom. The van der Waals surface area contributed by atoms with Crippen molar-refractivity contribution in [2.75, 3.05) is 19.3 Å². The molecule has 0 radical (unpaired) electrons. The summed E-state index contributed by atoms with van der Waals surface area (Å²) in [7, 11) is 0. The van der Waals surface area contributed by atoms with Crippen LogP contribution in [0.15, 0.2) is 0 Å². The van der Waals surface area contributed by atoms with Crippen LogP contribution in [0.2, 0.25) is 0 Å².